The molecule has 1 aliphatic carbocycles. The van der Waals surface area contributed by atoms with E-state index in [9.17, 15) is 9.18 Å². The summed E-state index contributed by atoms with van der Waals surface area (Å²) in [6.45, 7) is 4.01. The molecular weight excluding hydrogens is 429 g/mol. The molecule has 0 amide bonds. The van der Waals surface area contributed by atoms with E-state index in [1.807, 2.05) is 36.7 Å². The van der Waals surface area contributed by atoms with Crippen LogP contribution in [0, 0.1) is 5.82 Å². The van der Waals surface area contributed by atoms with Crippen LogP contribution in [0.4, 0.5) is 10.1 Å². The summed E-state index contributed by atoms with van der Waals surface area (Å²) in [4.78, 5) is 19.2. The van der Waals surface area contributed by atoms with Crippen molar-refractivity contribution in [1.82, 2.24) is 4.90 Å². The van der Waals surface area contributed by atoms with E-state index in [0.717, 1.165) is 59.6 Å². The number of carbonyl (C=O) groups is 1. The summed E-state index contributed by atoms with van der Waals surface area (Å²) in [6, 6.07) is 20.2. The summed E-state index contributed by atoms with van der Waals surface area (Å²) in [7, 11) is 0. The zero-order valence-corrected chi connectivity index (χ0v) is 19.3. The van der Waals surface area contributed by atoms with Crippen LogP contribution in [0.15, 0.2) is 71.7 Å². The average molecular weight is 458 g/mol. The second-order valence-electron chi connectivity index (χ2n) is 8.87. The summed E-state index contributed by atoms with van der Waals surface area (Å²) >= 11 is 0. The fraction of sp³-hybridized carbons (Fsp3) is 0.286. The average Bonchev–Trinajstić information content (AvgIpc) is 3.41. The van der Waals surface area contributed by atoms with Gasteiger partial charge < -0.3 is 15.0 Å². The highest BCUT2D eigenvalue weighted by molar-refractivity contribution is 5.99. The van der Waals surface area contributed by atoms with Gasteiger partial charge in [0, 0.05) is 41.9 Å². The molecule has 0 fully saturated rings. The minimum Gasteiger partial charge on any atom is -0.464 e. The molecule has 0 spiro atoms. The molecule has 3 aromatic carbocycles. The van der Waals surface area contributed by atoms with Crippen molar-refractivity contribution >= 4 is 17.8 Å². The zero-order chi connectivity index (χ0) is 23.5. The van der Waals surface area contributed by atoms with Gasteiger partial charge in [-0.15, -0.1) is 0 Å². The van der Waals surface area contributed by atoms with E-state index in [0.29, 0.717) is 13.0 Å². The molecule has 174 valence electrons. The zero-order valence-electron chi connectivity index (χ0n) is 19.3. The topological polar surface area (TPSA) is 53.9 Å². The number of nitrogens with one attached hydrogen (secondary N) is 1. The third-order valence-electron chi connectivity index (χ3n) is 6.69. The molecule has 3 aromatic rings. The third-order valence-corrected chi connectivity index (χ3v) is 6.69. The molecule has 0 aromatic heterocycles. The van der Waals surface area contributed by atoms with E-state index in [2.05, 4.69) is 34.3 Å². The molecule has 0 unspecified atom stereocenters. The Morgan fingerprint density at radius 1 is 1.06 bits per heavy atom. The first kappa shape index (κ1) is 22.1. The highest BCUT2D eigenvalue weighted by Crippen LogP contribution is 2.38. The van der Waals surface area contributed by atoms with E-state index < -0.39 is 5.72 Å². The highest BCUT2D eigenvalue weighted by atomic mass is 19.1. The Kier molecular flexibility index (Phi) is 6.05. The number of aliphatic imine (C=N–C) groups is 1. The van der Waals surface area contributed by atoms with Crippen molar-refractivity contribution in [3.05, 3.63) is 94.8 Å². The summed E-state index contributed by atoms with van der Waals surface area (Å²) in [6.07, 6.45) is 4.08. The van der Waals surface area contributed by atoms with Crippen LogP contribution in [0.1, 0.15) is 46.8 Å². The van der Waals surface area contributed by atoms with Gasteiger partial charge in [0.2, 0.25) is 5.72 Å². The lowest BCUT2D eigenvalue weighted by molar-refractivity contribution is -0.0259. The van der Waals surface area contributed by atoms with E-state index in [1.165, 1.54) is 12.1 Å². The van der Waals surface area contributed by atoms with Gasteiger partial charge in [0.15, 0.2) is 5.78 Å². The number of ether oxygens (including phenoxy) is 1. The van der Waals surface area contributed by atoms with Crippen molar-refractivity contribution in [2.24, 2.45) is 4.99 Å². The fourth-order valence-electron chi connectivity index (χ4n) is 4.77. The summed E-state index contributed by atoms with van der Waals surface area (Å²) in [5.74, 6) is 0.631. The van der Waals surface area contributed by atoms with E-state index >= 15 is 0 Å². The van der Waals surface area contributed by atoms with Gasteiger partial charge in [0.1, 0.15) is 11.6 Å². The maximum absolute atomic E-state index is 13.4. The number of ketones is 1. The van der Waals surface area contributed by atoms with Crippen LogP contribution < -0.4 is 10.1 Å². The molecule has 1 heterocycles. The molecule has 0 radical (unpaired) electrons. The Morgan fingerprint density at radius 2 is 1.85 bits per heavy atom. The predicted molar refractivity (Wildman–Crippen MR) is 132 cm³/mol. The number of hydrogen-bond donors (Lipinski definition) is 1. The van der Waals surface area contributed by atoms with Crippen LogP contribution in [0.3, 0.4) is 0 Å². The smallest absolute Gasteiger partial charge is 0.207 e. The van der Waals surface area contributed by atoms with Crippen LogP contribution in [0.5, 0.6) is 5.75 Å². The monoisotopic (exact) mass is 457 g/mol. The van der Waals surface area contributed by atoms with Gasteiger partial charge in [-0.3, -0.25) is 9.79 Å². The number of carbonyl (C=O) groups excluding carboxylic acids is 1. The van der Waals surface area contributed by atoms with Crippen molar-refractivity contribution in [3.8, 4) is 5.75 Å². The summed E-state index contributed by atoms with van der Waals surface area (Å²) in [5.41, 5.74) is 3.85. The Morgan fingerprint density at radius 3 is 2.59 bits per heavy atom. The molecule has 0 saturated heterocycles. The minimum atomic E-state index is -0.765. The van der Waals surface area contributed by atoms with Crippen molar-refractivity contribution < 1.29 is 13.9 Å². The molecule has 5 rings (SSSR count). The molecule has 0 saturated carbocycles. The summed E-state index contributed by atoms with van der Waals surface area (Å²) in [5, 5.41) is 3.39. The van der Waals surface area contributed by atoms with Gasteiger partial charge in [-0.05, 0) is 61.7 Å². The fourth-order valence-corrected chi connectivity index (χ4v) is 4.77. The Balaban J connectivity index is 1.55. The molecule has 1 atom stereocenters. The van der Waals surface area contributed by atoms with E-state index in [-0.39, 0.29) is 11.6 Å². The van der Waals surface area contributed by atoms with Crippen LogP contribution in [0.2, 0.25) is 0 Å². The number of hydrogen-bond acceptors (Lipinski definition) is 5. The lowest BCUT2D eigenvalue weighted by Gasteiger charge is -2.39. The van der Waals surface area contributed by atoms with Crippen molar-refractivity contribution in [2.75, 3.05) is 18.4 Å². The van der Waals surface area contributed by atoms with Crippen LogP contribution in [0.25, 0.3) is 0 Å². The molecule has 2 aliphatic rings. The van der Waals surface area contributed by atoms with Crippen LogP contribution >= 0.6 is 0 Å². The first-order valence-electron chi connectivity index (χ1n) is 11.7. The second-order valence-corrected chi connectivity index (χ2v) is 8.87. The molecule has 34 heavy (non-hydrogen) atoms. The largest absolute Gasteiger partial charge is 0.464 e. The van der Waals surface area contributed by atoms with Gasteiger partial charge in [0.25, 0.3) is 0 Å². The van der Waals surface area contributed by atoms with Crippen molar-refractivity contribution in [3.63, 3.8) is 0 Å². The number of rotatable bonds is 7. The lowest BCUT2D eigenvalue weighted by Crippen LogP contribution is -2.47. The standard InChI is InChI=1S/C28H28FN3O2/c1-28(32-17-16-30-19-32,20-6-3-2-4-7-20)34-27-15-14-24-23(8-5-9-26(24)33)25(27)18-31-22-12-10-21(29)11-13-22/h2-4,6-7,10-15,19,31H,5,8-9,16-18H2,1H3/t28-/m0/s1. The summed E-state index contributed by atoms with van der Waals surface area (Å²) < 4.78 is 20.2. The van der Waals surface area contributed by atoms with Crippen LogP contribution in [-0.2, 0) is 18.7 Å². The first-order chi connectivity index (χ1) is 16.5. The van der Waals surface area contributed by atoms with Crippen LogP contribution in [-0.4, -0.2) is 30.1 Å². The second kappa shape index (κ2) is 9.29. The molecule has 1 N–H and O–H groups in total. The Bertz CT molecular complexity index is 1210. The number of anilines is 1. The molecular formula is C28H28FN3O2. The number of fused-ring (bicyclic) bond motifs is 1. The maximum Gasteiger partial charge on any atom is 0.207 e. The molecule has 5 nitrogen and oxygen atoms in total. The highest BCUT2D eigenvalue weighted by Gasteiger charge is 2.37. The first-order valence-corrected chi connectivity index (χ1v) is 11.7. The van der Waals surface area contributed by atoms with Gasteiger partial charge in [-0.25, -0.2) is 4.39 Å². The number of Topliss-reactive ketones (excluding diaryl/α,β-unsaturated/α-hetero) is 1. The quantitative estimate of drug-likeness (QED) is 0.505. The van der Waals surface area contributed by atoms with Crippen molar-refractivity contribution in [1.29, 1.82) is 0 Å². The normalized spacial score (nSPS) is 16.8. The van der Waals surface area contributed by atoms with Gasteiger partial charge in [-0.1, -0.05) is 30.3 Å². The maximum atomic E-state index is 13.4. The number of benzene rings is 3. The SMILES string of the molecule is C[C@](Oc1ccc2c(c1CNc1ccc(F)cc1)CCCC2=O)(c1ccccc1)N1C=NCC1. The van der Waals surface area contributed by atoms with E-state index in [4.69, 9.17) is 4.74 Å². The third kappa shape index (κ3) is 4.28. The van der Waals surface area contributed by atoms with Gasteiger partial charge in [0.05, 0.1) is 12.9 Å². The molecule has 1 aliphatic heterocycles. The van der Waals surface area contributed by atoms with Crippen molar-refractivity contribution in [2.45, 2.75) is 38.5 Å². The Labute approximate surface area is 199 Å². The molecule has 0 bridgehead atoms. The predicted octanol–water partition coefficient (Wildman–Crippen LogP) is 5.55. The lowest BCUT2D eigenvalue weighted by atomic mass is 9.86. The Hall–Kier alpha value is -3.67. The van der Waals surface area contributed by atoms with Gasteiger partial charge in [-0.2, -0.15) is 0 Å². The van der Waals surface area contributed by atoms with Gasteiger partial charge >= 0.3 is 0 Å². The van der Waals surface area contributed by atoms with E-state index in [1.54, 1.807) is 12.1 Å². The minimum absolute atomic E-state index is 0.174. The number of nitrogens with zero attached hydrogens (tertiary/aromatic N) is 2. The number of halogens is 1. The molecule has 6 heteroatoms.